The number of benzene rings is 2. The highest BCUT2D eigenvalue weighted by Crippen LogP contribution is 2.43. The van der Waals surface area contributed by atoms with Gasteiger partial charge in [-0.2, -0.15) is 0 Å². The Balaban J connectivity index is 2.08. The number of ether oxygens (including phenoxy) is 1. The van der Waals surface area contributed by atoms with Crippen LogP contribution in [0.5, 0.6) is 0 Å². The molecule has 0 unspecified atom stereocenters. The first-order chi connectivity index (χ1) is 11.8. The molecule has 0 atom stereocenters. The summed E-state index contributed by atoms with van der Waals surface area (Å²) in [7, 11) is -0.0314. The Morgan fingerprint density at radius 3 is 1.79 bits per heavy atom. The molecule has 0 aliphatic carbocycles. The normalized spacial score (nSPS) is 11.7. The van der Waals surface area contributed by atoms with Crippen molar-refractivity contribution in [2.45, 2.75) is 50.8 Å². The smallest absolute Gasteiger partial charge is 0.201 e. The summed E-state index contributed by atoms with van der Waals surface area (Å²) in [6.07, 6.45) is 7.26. The quantitative estimate of drug-likeness (QED) is 0.341. The van der Waals surface area contributed by atoms with Gasteiger partial charge >= 0.3 is 0 Å². The third-order valence-corrected chi connectivity index (χ3v) is 5.17. The zero-order valence-corrected chi connectivity index (χ0v) is 15.4. The van der Waals surface area contributed by atoms with E-state index in [2.05, 4.69) is 6.92 Å². The largest absolute Gasteiger partial charge is 0.354 e. The molecule has 2 aromatic carbocycles. The molecular weight excluding hydrogens is 315 g/mol. The monoisotopic (exact) mass is 342 g/mol. The molecule has 0 saturated heterocycles. The molecule has 2 nitrogen and oxygen atoms in total. The van der Waals surface area contributed by atoms with E-state index in [1.54, 1.807) is 0 Å². The van der Waals surface area contributed by atoms with E-state index in [1.165, 1.54) is 25.7 Å². The Morgan fingerprint density at radius 2 is 1.29 bits per heavy atom. The summed E-state index contributed by atoms with van der Waals surface area (Å²) in [6, 6.07) is 19.7. The van der Waals surface area contributed by atoms with Crippen LogP contribution in [0.25, 0.3) is 0 Å². The van der Waals surface area contributed by atoms with Crippen LogP contribution < -0.4 is 0 Å². The van der Waals surface area contributed by atoms with Gasteiger partial charge < -0.3 is 4.74 Å². The van der Waals surface area contributed by atoms with Crippen LogP contribution in [-0.4, -0.2) is 6.61 Å². The average Bonchev–Trinajstić information content (AvgIpc) is 2.66. The fourth-order valence-corrected chi connectivity index (χ4v) is 3.55. The second-order valence-corrected chi connectivity index (χ2v) is 6.90. The first-order valence-corrected chi connectivity index (χ1v) is 9.74. The van der Waals surface area contributed by atoms with Gasteiger partial charge in [0.2, 0.25) is 8.46 Å². The molecule has 3 heteroatoms. The van der Waals surface area contributed by atoms with E-state index in [0.29, 0.717) is 6.61 Å². The Hall–Kier alpha value is -1.50. The highest BCUT2D eigenvalue weighted by atomic mass is 31.1. The molecule has 2 rings (SSSR count). The maximum atomic E-state index is 12.2. The lowest BCUT2D eigenvalue weighted by atomic mass is 10.0. The molecule has 0 aliphatic rings. The molecule has 0 aromatic heterocycles. The van der Waals surface area contributed by atoms with E-state index in [-0.39, 0.29) is 8.46 Å². The third-order valence-electron chi connectivity index (χ3n) is 4.27. The van der Waals surface area contributed by atoms with Crippen LogP contribution in [-0.2, 0) is 14.6 Å². The third kappa shape index (κ3) is 5.00. The first-order valence-electron chi connectivity index (χ1n) is 8.93. The van der Waals surface area contributed by atoms with E-state index in [1.807, 2.05) is 60.7 Å². The van der Waals surface area contributed by atoms with Gasteiger partial charge in [0.1, 0.15) is 0 Å². The SMILES string of the molecule is CCCCCCCCOC(P=O)(c1ccccc1)c1ccccc1. The molecule has 2 aromatic rings. The molecule has 0 aliphatic heterocycles. The molecule has 0 amide bonds. The van der Waals surface area contributed by atoms with Crippen LogP contribution in [0, 0.1) is 0 Å². The molecular formula is C21H27O2P. The van der Waals surface area contributed by atoms with Gasteiger partial charge in [0, 0.05) is 17.7 Å². The Kier molecular flexibility index (Phi) is 8.15. The van der Waals surface area contributed by atoms with E-state index in [9.17, 15) is 4.57 Å². The van der Waals surface area contributed by atoms with Gasteiger partial charge in [-0.05, 0) is 6.42 Å². The first kappa shape index (κ1) is 18.8. The molecule has 0 bridgehead atoms. The van der Waals surface area contributed by atoms with Gasteiger partial charge in [-0.15, -0.1) is 0 Å². The second-order valence-electron chi connectivity index (χ2n) is 6.08. The molecule has 0 spiro atoms. The van der Waals surface area contributed by atoms with Gasteiger partial charge in [-0.1, -0.05) is 99.7 Å². The van der Waals surface area contributed by atoms with Crippen molar-refractivity contribution in [3.05, 3.63) is 71.8 Å². The van der Waals surface area contributed by atoms with Crippen molar-refractivity contribution >= 4 is 8.46 Å². The predicted octanol–water partition coefficient (Wildman–Crippen LogP) is 6.56. The summed E-state index contributed by atoms with van der Waals surface area (Å²) in [5.74, 6) is 0. The number of hydrogen-bond donors (Lipinski definition) is 0. The van der Waals surface area contributed by atoms with Crippen LogP contribution in [0.4, 0.5) is 0 Å². The highest BCUT2D eigenvalue weighted by molar-refractivity contribution is 7.25. The molecule has 0 radical (unpaired) electrons. The maximum Gasteiger partial charge on any atom is 0.201 e. The van der Waals surface area contributed by atoms with E-state index >= 15 is 0 Å². The zero-order valence-electron chi connectivity index (χ0n) is 14.5. The molecule has 0 N–H and O–H groups in total. The zero-order chi connectivity index (χ0) is 17.1. The number of hydrogen-bond acceptors (Lipinski definition) is 2. The van der Waals surface area contributed by atoms with Crippen LogP contribution in [0.2, 0.25) is 0 Å². The summed E-state index contributed by atoms with van der Waals surface area (Å²) in [4.78, 5) is 0. The maximum absolute atomic E-state index is 12.2. The molecule has 24 heavy (non-hydrogen) atoms. The van der Waals surface area contributed by atoms with Gasteiger partial charge in [0.25, 0.3) is 0 Å². The van der Waals surface area contributed by atoms with Crippen molar-refractivity contribution in [2.24, 2.45) is 0 Å². The summed E-state index contributed by atoms with van der Waals surface area (Å²) in [5, 5.41) is -0.911. The Morgan fingerprint density at radius 1 is 0.792 bits per heavy atom. The number of rotatable bonds is 11. The van der Waals surface area contributed by atoms with Crippen LogP contribution >= 0.6 is 8.46 Å². The van der Waals surface area contributed by atoms with Crippen molar-refractivity contribution < 1.29 is 9.30 Å². The van der Waals surface area contributed by atoms with Crippen molar-refractivity contribution in [3.63, 3.8) is 0 Å². The van der Waals surface area contributed by atoms with Gasteiger partial charge in [-0.3, -0.25) is 4.57 Å². The van der Waals surface area contributed by atoms with Crippen molar-refractivity contribution in [2.75, 3.05) is 6.61 Å². The lowest BCUT2D eigenvalue weighted by Gasteiger charge is -2.28. The second kappa shape index (κ2) is 10.4. The Labute approximate surface area is 147 Å². The summed E-state index contributed by atoms with van der Waals surface area (Å²) >= 11 is 0. The lowest BCUT2D eigenvalue weighted by Crippen LogP contribution is -2.25. The van der Waals surface area contributed by atoms with Gasteiger partial charge in [0.15, 0.2) is 5.34 Å². The minimum Gasteiger partial charge on any atom is -0.354 e. The Bertz CT molecular complexity index is 544. The molecule has 0 fully saturated rings. The minimum atomic E-state index is -0.911. The van der Waals surface area contributed by atoms with Gasteiger partial charge in [-0.25, -0.2) is 0 Å². The van der Waals surface area contributed by atoms with E-state index in [4.69, 9.17) is 4.74 Å². The van der Waals surface area contributed by atoms with Crippen molar-refractivity contribution in [1.82, 2.24) is 0 Å². The van der Waals surface area contributed by atoms with Crippen LogP contribution in [0.1, 0.15) is 56.6 Å². The minimum absolute atomic E-state index is 0.0314. The average molecular weight is 342 g/mol. The van der Waals surface area contributed by atoms with Crippen LogP contribution in [0.15, 0.2) is 60.7 Å². The summed E-state index contributed by atoms with van der Waals surface area (Å²) < 4.78 is 18.4. The topological polar surface area (TPSA) is 26.3 Å². The van der Waals surface area contributed by atoms with Crippen molar-refractivity contribution in [1.29, 1.82) is 0 Å². The predicted molar refractivity (Wildman–Crippen MR) is 101 cm³/mol. The lowest BCUT2D eigenvalue weighted by molar-refractivity contribution is 0.0448. The fraction of sp³-hybridized carbons (Fsp3) is 0.429. The van der Waals surface area contributed by atoms with Crippen molar-refractivity contribution in [3.8, 4) is 0 Å². The van der Waals surface area contributed by atoms with E-state index in [0.717, 1.165) is 24.0 Å². The standard InChI is InChI=1S/C21H27O2P/c1-2-3-4-5-6-13-18-23-21(24-22,19-14-9-7-10-15-19)20-16-11-8-12-17-20/h7-12,14-17H,2-6,13,18H2,1H3. The fourth-order valence-electron chi connectivity index (χ4n) is 2.90. The van der Waals surface area contributed by atoms with Gasteiger partial charge in [0.05, 0.1) is 0 Å². The number of unbranched alkanes of at least 4 members (excludes halogenated alkanes) is 5. The summed E-state index contributed by atoms with van der Waals surface area (Å²) in [6.45, 7) is 2.84. The molecule has 128 valence electrons. The summed E-state index contributed by atoms with van der Waals surface area (Å²) in [5.41, 5.74) is 1.86. The highest BCUT2D eigenvalue weighted by Gasteiger charge is 2.36. The molecule has 0 heterocycles. The molecule has 0 saturated carbocycles. The van der Waals surface area contributed by atoms with Crippen LogP contribution in [0.3, 0.4) is 0 Å². The van der Waals surface area contributed by atoms with E-state index < -0.39 is 5.34 Å².